The molecule has 1 aliphatic heterocycles. The monoisotopic (exact) mass is 407 g/mol. The molecule has 6 heteroatoms. The van der Waals surface area contributed by atoms with Gasteiger partial charge in [0.05, 0.1) is 11.8 Å². The molecule has 0 radical (unpaired) electrons. The largest absolute Gasteiger partial charge is 0.491 e. The van der Waals surface area contributed by atoms with Crippen molar-refractivity contribution in [3.8, 4) is 16.9 Å². The minimum Gasteiger partial charge on any atom is -0.491 e. The van der Waals surface area contributed by atoms with Gasteiger partial charge in [0.25, 0.3) is 0 Å². The number of H-pyrrole nitrogens is 1. The summed E-state index contributed by atoms with van der Waals surface area (Å²) in [7, 11) is 0. The van der Waals surface area contributed by atoms with Gasteiger partial charge in [0.1, 0.15) is 18.5 Å². The third kappa shape index (κ3) is 4.21. The van der Waals surface area contributed by atoms with Gasteiger partial charge in [-0.3, -0.25) is 5.10 Å². The topological polar surface area (TPSA) is 81.6 Å². The van der Waals surface area contributed by atoms with E-state index in [1.807, 2.05) is 30.6 Å². The Balaban J connectivity index is 1.13. The fraction of sp³-hybridized carbons (Fsp3) is 0.458. The Kier molecular flexibility index (Phi) is 5.23. The first-order chi connectivity index (χ1) is 14.6. The van der Waals surface area contributed by atoms with Crippen molar-refractivity contribution in [3.05, 3.63) is 48.8 Å². The van der Waals surface area contributed by atoms with Crippen LogP contribution < -0.4 is 4.74 Å². The number of likely N-dealkylation sites (tertiary alicyclic amines) is 1. The van der Waals surface area contributed by atoms with Crippen molar-refractivity contribution in [2.45, 2.75) is 37.4 Å². The molecule has 1 saturated carbocycles. The van der Waals surface area contributed by atoms with Crippen molar-refractivity contribution < 1.29 is 14.9 Å². The minimum atomic E-state index is -0.523. The highest BCUT2D eigenvalue weighted by molar-refractivity contribution is 5.88. The van der Waals surface area contributed by atoms with E-state index in [0.717, 1.165) is 66.4 Å². The number of nitrogens with one attached hydrogen (secondary N) is 1. The number of aliphatic hydroxyl groups is 2. The molecule has 2 fully saturated rings. The van der Waals surface area contributed by atoms with Crippen molar-refractivity contribution in [2.24, 2.45) is 5.92 Å². The number of rotatable bonds is 7. The maximum atomic E-state index is 10.4. The Morgan fingerprint density at radius 1 is 1.10 bits per heavy atom. The van der Waals surface area contributed by atoms with Crippen molar-refractivity contribution >= 4 is 10.8 Å². The zero-order valence-corrected chi connectivity index (χ0v) is 17.1. The molecule has 6 nitrogen and oxygen atoms in total. The number of fused-ring (bicyclic) bond motifs is 1. The summed E-state index contributed by atoms with van der Waals surface area (Å²) in [6.07, 6.45) is 7.15. The standard InChI is InChI=1S/C24H29N3O3/c28-22(15-27-9-5-21(6-10-27)24(29)7-8-24)16-30-23-4-3-17-11-18(1-2-19(17)12-23)20-13-25-26-14-20/h1-4,11-14,21-22,28-29H,5-10,15-16H2,(H,25,26). The van der Waals surface area contributed by atoms with Gasteiger partial charge in [-0.25, -0.2) is 0 Å². The lowest BCUT2D eigenvalue weighted by Crippen LogP contribution is -2.43. The molecule has 3 aromatic rings. The van der Waals surface area contributed by atoms with Gasteiger partial charge >= 0.3 is 0 Å². The van der Waals surface area contributed by atoms with E-state index >= 15 is 0 Å². The normalized spacial score (nSPS) is 20.3. The van der Waals surface area contributed by atoms with Crippen LogP contribution in [0, 0.1) is 5.92 Å². The van der Waals surface area contributed by atoms with E-state index in [1.54, 1.807) is 0 Å². The maximum Gasteiger partial charge on any atom is 0.120 e. The van der Waals surface area contributed by atoms with E-state index in [0.29, 0.717) is 12.5 Å². The fourth-order valence-electron chi connectivity index (χ4n) is 4.63. The second-order valence-electron chi connectivity index (χ2n) is 8.85. The predicted octanol–water partition coefficient (Wildman–Crippen LogP) is 3.21. The number of piperidine rings is 1. The lowest BCUT2D eigenvalue weighted by atomic mass is 9.89. The molecule has 1 unspecified atom stereocenters. The van der Waals surface area contributed by atoms with E-state index in [2.05, 4.69) is 33.3 Å². The smallest absolute Gasteiger partial charge is 0.120 e. The average Bonchev–Trinajstić information content (AvgIpc) is 3.28. The molecule has 2 aromatic carbocycles. The molecule has 2 heterocycles. The molecule has 1 aromatic heterocycles. The number of ether oxygens (including phenoxy) is 1. The van der Waals surface area contributed by atoms with Gasteiger partial charge in [-0.2, -0.15) is 5.10 Å². The highest BCUT2D eigenvalue weighted by Crippen LogP contribution is 2.46. The fourth-order valence-corrected chi connectivity index (χ4v) is 4.63. The van der Waals surface area contributed by atoms with Gasteiger partial charge in [0.15, 0.2) is 0 Å². The van der Waals surface area contributed by atoms with Gasteiger partial charge in [-0.15, -0.1) is 0 Å². The zero-order valence-electron chi connectivity index (χ0n) is 17.1. The lowest BCUT2D eigenvalue weighted by Gasteiger charge is -2.35. The molecule has 0 spiro atoms. The van der Waals surface area contributed by atoms with Gasteiger partial charge in [0, 0.05) is 18.3 Å². The van der Waals surface area contributed by atoms with Crippen LogP contribution in [-0.2, 0) is 0 Å². The van der Waals surface area contributed by atoms with Crippen LogP contribution in [0.5, 0.6) is 5.75 Å². The molecule has 1 atom stereocenters. The van der Waals surface area contributed by atoms with Crippen molar-refractivity contribution in [2.75, 3.05) is 26.2 Å². The molecule has 30 heavy (non-hydrogen) atoms. The van der Waals surface area contributed by atoms with Crippen LogP contribution in [0.4, 0.5) is 0 Å². The van der Waals surface area contributed by atoms with Gasteiger partial charge in [0.2, 0.25) is 0 Å². The van der Waals surface area contributed by atoms with Crippen LogP contribution in [-0.4, -0.2) is 63.3 Å². The number of aliphatic hydroxyl groups excluding tert-OH is 1. The molecule has 1 saturated heterocycles. The molecule has 3 N–H and O–H groups in total. The number of hydrogen-bond acceptors (Lipinski definition) is 5. The predicted molar refractivity (Wildman–Crippen MR) is 116 cm³/mol. The van der Waals surface area contributed by atoms with Crippen LogP contribution in [0.15, 0.2) is 48.8 Å². The van der Waals surface area contributed by atoms with Gasteiger partial charge < -0.3 is 19.8 Å². The number of aromatic amines is 1. The molecule has 5 rings (SSSR count). The highest BCUT2D eigenvalue weighted by Gasteiger charge is 2.48. The Morgan fingerprint density at radius 2 is 1.87 bits per heavy atom. The molecule has 158 valence electrons. The van der Waals surface area contributed by atoms with Crippen molar-refractivity contribution in [1.29, 1.82) is 0 Å². The highest BCUT2D eigenvalue weighted by atomic mass is 16.5. The van der Waals surface area contributed by atoms with E-state index in [1.165, 1.54) is 0 Å². The zero-order chi connectivity index (χ0) is 20.6. The molecular weight excluding hydrogens is 378 g/mol. The first-order valence-electron chi connectivity index (χ1n) is 10.9. The third-order valence-electron chi connectivity index (χ3n) is 6.66. The molecule has 2 aliphatic rings. The number of hydrogen-bond donors (Lipinski definition) is 3. The summed E-state index contributed by atoms with van der Waals surface area (Å²) in [6, 6.07) is 12.3. The number of nitrogens with zero attached hydrogens (tertiary/aromatic N) is 2. The Labute approximate surface area is 176 Å². The Hall–Kier alpha value is -2.41. The van der Waals surface area contributed by atoms with E-state index < -0.39 is 6.10 Å². The average molecular weight is 408 g/mol. The molecule has 1 aliphatic carbocycles. The summed E-state index contributed by atoms with van der Waals surface area (Å²) in [5.74, 6) is 1.21. The second-order valence-corrected chi connectivity index (χ2v) is 8.85. The van der Waals surface area contributed by atoms with Crippen LogP contribution >= 0.6 is 0 Å². The van der Waals surface area contributed by atoms with Crippen LogP contribution in [0.1, 0.15) is 25.7 Å². The van der Waals surface area contributed by atoms with Gasteiger partial charge in [-0.05, 0) is 79.2 Å². The number of aromatic nitrogens is 2. The molecular formula is C24H29N3O3. The summed E-state index contributed by atoms with van der Waals surface area (Å²) in [4.78, 5) is 2.29. The van der Waals surface area contributed by atoms with Crippen molar-refractivity contribution in [3.63, 3.8) is 0 Å². The van der Waals surface area contributed by atoms with E-state index in [9.17, 15) is 10.2 Å². The number of benzene rings is 2. The van der Waals surface area contributed by atoms with Crippen LogP contribution in [0.3, 0.4) is 0 Å². The van der Waals surface area contributed by atoms with Crippen LogP contribution in [0.25, 0.3) is 21.9 Å². The second kappa shape index (κ2) is 8.02. The Bertz CT molecular complexity index is 992. The van der Waals surface area contributed by atoms with Gasteiger partial charge in [-0.1, -0.05) is 18.2 Å². The lowest BCUT2D eigenvalue weighted by molar-refractivity contribution is 0.0175. The SMILES string of the molecule is OC(COc1ccc2cc(-c3cn[nH]c3)ccc2c1)CN1CCC(C2(O)CC2)CC1. The molecule has 0 amide bonds. The quantitative estimate of drug-likeness (QED) is 0.560. The summed E-state index contributed by atoms with van der Waals surface area (Å²) in [5, 5.41) is 29.8. The summed E-state index contributed by atoms with van der Waals surface area (Å²) >= 11 is 0. The first-order valence-corrected chi connectivity index (χ1v) is 10.9. The number of β-amino-alcohol motifs (C(OH)–C–C–N with tert-alkyl or cyclic N) is 1. The van der Waals surface area contributed by atoms with Crippen molar-refractivity contribution in [1.82, 2.24) is 15.1 Å². The Morgan fingerprint density at radius 3 is 2.60 bits per heavy atom. The first kappa shape index (κ1) is 19.5. The van der Waals surface area contributed by atoms with Crippen LogP contribution in [0.2, 0.25) is 0 Å². The summed E-state index contributed by atoms with van der Waals surface area (Å²) < 4.78 is 5.87. The van der Waals surface area contributed by atoms with E-state index in [4.69, 9.17) is 4.74 Å². The van der Waals surface area contributed by atoms with E-state index in [-0.39, 0.29) is 12.2 Å². The summed E-state index contributed by atoms with van der Waals surface area (Å²) in [6.45, 7) is 2.79. The maximum absolute atomic E-state index is 10.4. The summed E-state index contributed by atoms with van der Waals surface area (Å²) in [5.41, 5.74) is 1.82. The minimum absolute atomic E-state index is 0.280. The molecule has 0 bridgehead atoms. The third-order valence-corrected chi connectivity index (χ3v) is 6.66.